The van der Waals surface area contributed by atoms with Gasteiger partial charge in [-0.1, -0.05) is 12.1 Å². The van der Waals surface area contributed by atoms with E-state index in [1.807, 2.05) is 12.1 Å². The fourth-order valence-electron chi connectivity index (χ4n) is 8.32. The number of aromatic hydroxyl groups is 1. The molecule has 39 heavy (non-hydrogen) atoms. The number of carbonyl (C=O) groups is 2. The van der Waals surface area contributed by atoms with Gasteiger partial charge in [-0.3, -0.25) is 23.9 Å². The van der Waals surface area contributed by atoms with Crippen LogP contribution >= 0.6 is 0 Å². The minimum absolute atomic E-state index is 0.0621. The lowest BCUT2D eigenvalue weighted by Gasteiger charge is -2.64. The molecule has 1 aromatic rings. The average Bonchev–Trinajstić information content (AvgIpc) is 3.35. The van der Waals surface area contributed by atoms with Crippen LogP contribution in [0.4, 0.5) is 0 Å². The number of benzene rings is 1. The summed E-state index contributed by atoms with van der Waals surface area (Å²) >= 11 is 0. The van der Waals surface area contributed by atoms with Gasteiger partial charge in [0.25, 0.3) is 21.9 Å². The number of rotatable bonds is 3. The molecule has 6 aliphatic rings. The number of piperidine rings is 1. The maximum Gasteiger partial charge on any atom is 0.261 e. The second-order valence-electron chi connectivity index (χ2n) is 11.6. The topological polar surface area (TPSA) is 145 Å². The molecule has 7 rings (SSSR count). The number of phenols is 1. The van der Waals surface area contributed by atoms with Crippen molar-refractivity contribution in [2.75, 3.05) is 19.3 Å². The average molecular weight is 559 g/mol. The SMILES string of the molecule is C=CCN1CC[C@]23c4c5ccc(O)c4O[C@H]2[C@@H](N2C(=O)C4=C(CCCC4)C2=O)CC[C@@]3(O)[C@H]1C5.CS(=O)(=O)O. The first-order chi connectivity index (χ1) is 18.4. The van der Waals surface area contributed by atoms with Gasteiger partial charge in [0.1, 0.15) is 6.10 Å². The van der Waals surface area contributed by atoms with Crippen molar-refractivity contribution in [2.24, 2.45) is 0 Å². The summed E-state index contributed by atoms with van der Waals surface area (Å²) in [5.74, 6) is 0.145. The monoisotopic (exact) mass is 558 g/mol. The summed E-state index contributed by atoms with van der Waals surface area (Å²) in [6, 6.07) is 3.05. The van der Waals surface area contributed by atoms with Crippen LogP contribution in [0.3, 0.4) is 0 Å². The molecule has 2 fully saturated rings. The number of nitrogens with zero attached hydrogens (tertiary/aromatic N) is 2. The van der Waals surface area contributed by atoms with Crippen molar-refractivity contribution >= 4 is 21.9 Å². The molecule has 2 amide bonds. The molecule has 2 bridgehead atoms. The summed E-state index contributed by atoms with van der Waals surface area (Å²) in [6.07, 6.45) is 7.49. The molecule has 10 nitrogen and oxygen atoms in total. The quantitative estimate of drug-likeness (QED) is 0.288. The van der Waals surface area contributed by atoms with E-state index in [0.29, 0.717) is 68.2 Å². The highest BCUT2D eigenvalue weighted by Gasteiger charge is 2.74. The van der Waals surface area contributed by atoms with Crippen LogP contribution in [-0.4, -0.2) is 87.9 Å². The van der Waals surface area contributed by atoms with Crippen molar-refractivity contribution in [3.05, 3.63) is 47.1 Å². The Morgan fingerprint density at radius 3 is 2.41 bits per heavy atom. The van der Waals surface area contributed by atoms with Crippen molar-refractivity contribution in [1.82, 2.24) is 9.80 Å². The number of amides is 2. The van der Waals surface area contributed by atoms with E-state index in [2.05, 4.69) is 11.5 Å². The van der Waals surface area contributed by atoms with Crippen molar-refractivity contribution in [3.8, 4) is 11.5 Å². The molecule has 0 aromatic heterocycles. The fourth-order valence-corrected chi connectivity index (χ4v) is 8.32. The lowest BCUT2D eigenvalue weighted by atomic mass is 9.48. The Morgan fingerprint density at radius 2 is 1.79 bits per heavy atom. The Balaban J connectivity index is 0.000000510. The van der Waals surface area contributed by atoms with Crippen molar-refractivity contribution < 1.29 is 37.5 Å². The van der Waals surface area contributed by atoms with Crippen molar-refractivity contribution in [3.63, 3.8) is 0 Å². The third-order valence-electron chi connectivity index (χ3n) is 9.66. The van der Waals surface area contributed by atoms with Gasteiger partial charge in [0.15, 0.2) is 11.5 Å². The second kappa shape index (κ2) is 8.89. The third kappa shape index (κ3) is 3.66. The summed E-state index contributed by atoms with van der Waals surface area (Å²) in [4.78, 5) is 30.7. The summed E-state index contributed by atoms with van der Waals surface area (Å²) in [6.45, 7) is 5.37. The maximum atomic E-state index is 13.5. The van der Waals surface area contributed by atoms with Crippen LogP contribution in [0.2, 0.25) is 0 Å². The van der Waals surface area contributed by atoms with E-state index in [0.717, 1.165) is 30.5 Å². The van der Waals surface area contributed by atoms with Crippen LogP contribution in [0.25, 0.3) is 0 Å². The molecule has 1 saturated carbocycles. The molecular formula is C28H34N2O8S. The Morgan fingerprint density at radius 1 is 1.15 bits per heavy atom. The van der Waals surface area contributed by atoms with Gasteiger partial charge in [-0.2, -0.15) is 8.42 Å². The lowest BCUT2D eigenvalue weighted by molar-refractivity contribution is -0.199. The van der Waals surface area contributed by atoms with Gasteiger partial charge in [0, 0.05) is 29.3 Å². The first-order valence-corrected chi connectivity index (χ1v) is 15.4. The van der Waals surface area contributed by atoms with E-state index in [4.69, 9.17) is 9.29 Å². The van der Waals surface area contributed by atoms with Gasteiger partial charge in [0.2, 0.25) is 0 Å². The Kier molecular flexibility index (Phi) is 6.04. The fraction of sp³-hybridized carbons (Fsp3) is 0.571. The van der Waals surface area contributed by atoms with E-state index in [-0.39, 0.29) is 23.6 Å². The predicted molar refractivity (Wildman–Crippen MR) is 141 cm³/mol. The van der Waals surface area contributed by atoms with Crippen LogP contribution < -0.4 is 4.74 Å². The summed E-state index contributed by atoms with van der Waals surface area (Å²) < 4.78 is 32.4. The van der Waals surface area contributed by atoms with Crippen molar-refractivity contribution in [1.29, 1.82) is 0 Å². The molecule has 1 saturated heterocycles. The molecular weight excluding hydrogens is 524 g/mol. The minimum Gasteiger partial charge on any atom is -0.504 e. The molecule has 0 unspecified atom stereocenters. The Hall–Kier alpha value is -2.73. The molecule has 3 aliphatic carbocycles. The van der Waals surface area contributed by atoms with Gasteiger partial charge in [0.05, 0.1) is 23.3 Å². The van der Waals surface area contributed by atoms with Crippen LogP contribution in [0.15, 0.2) is 35.9 Å². The zero-order chi connectivity index (χ0) is 27.9. The number of ether oxygens (including phenoxy) is 1. The van der Waals surface area contributed by atoms with Crippen molar-refractivity contribution in [2.45, 2.75) is 80.6 Å². The number of aliphatic hydroxyl groups is 1. The summed E-state index contributed by atoms with van der Waals surface area (Å²) in [5, 5.41) is 23.2. The van der Waals surface area contributed by atoms with E-state index >= 15 is 0 Å². The second-order valence-corrected chi connectivity index (χ2v) is 13.1. The lowest BCUT2D eigenvalue weighted by Crippen LogP contribution is -2.78. The van der Waals surface area contributed by atoms with Crippen LogP contribution in [-0.2, 0) is 31.5 Å². The normalized spacial score (nSPS) is 34.6. The summed E-state index contributed by atoms with van der Waals surface area (Å²) in [5.41, 5.74) is 1.50. The summed E-state index contributed by atoms with van der Waals surface area (Å²) in [7, 11) is -3.67. The van der Waals surface area contributed by atoms with E-state index in [1.54, 1.807) is 6.07 Å². The first kappa shape index (κ1) is 26.5. The van der Waals surface area contributed by atoms with Crippen LogP contribution in [0.5, 0.6) is 11.5 Å². The Labute approximate surface area is 227 Å². The third-order valence-corrected chi connectivity index (χ3v) is 9.66. The molecule has 0 radical (unpaired) electrons. The number of phenolic OH excluding ortho intramolecular Hbond substituents is 1. The molecule has 3 heterocycles. The molecule has 3 N–H and O–H groups in total. The highest BCUT2D eigenvalue weighted by atomic mass is 32.2. The van der Waals surface area contributed by atoms with E-state index in [1.165, 1.54) is 4.90 Å². The highest BCUT2D eigenvalue weighted by molar-refractivity contribution is 7.85. The smallest absolute Gasteiger partial charge is 0.261 e. The number of likely N-dealkylation sites (tertiary alicyclic amines) is 1. The minimum atomic E-state index is -3.67. The van der Waals surface area contributed by atoms with Crippen LogP contribution in [0.1, 0.15) is 56.1 Å². The van der Waals surface area contributed by atoms with Gasteiger partial charge in [-0.05, 0) is 69.5 Å². The first-order valence-electron chi connectivity index (χ1n) is 13.5. The molecule has 5 atom stereocenters. The molecule has 11 heteroatoms. The number of hydrogen-bond donors (Lipinski definition) is 3. The number of carbonyl (C=O) groups excluding carboxylic acids is 2. The van der Waals surface area contributed by atoms with Gasteiger partial charge in [-0.25, -0.2) is 0 Å². The largest absolute Gasteiger partial charge is 0.504 e. The number of imide groups is 1. The maximum absolute atomic E-state index is 13.5. The zero-order valence-electron chi connectivity index (χ0n) is 21.9. The van der Waals surface area contributed by atoms with E-state index < -0.39 is 33.3 Å². The zero-order valence-corrected chi connectivity index (χ0v) is 22.7. The highest BCUT2D eigenvalue weighted by Crippen LogP contribution is 2.66. The standard InChI is InChI=1S/C27H30N2O5.CH4O3S/c1-2-12-28-13-11-26-21-15-7-8-19(30)22(21)34-23(26)18(9-10-27(26,33)20(28)14-15)29-24(31)16-5-3-4-6-17(16)25(29)32;1-5(2,3)4/h2,7-8,18,20,23,30,33H,1,3-6,9-14H2;1H3,(H,2,3,4)/t18-,20+,23-,26-,27+;/m0./s1. The van der Waals surface area contributed by atoms with Gasteiger partial charge >= 0.3 is 0 Å². The van der Waals surface area contributed by atoms with E-state index in [9.17, 15) is 28.2 Å². The van der Waals surface area contributed by atoms with Gasteiger partial charge < -0.3 is 14.9 Å². The molecule has 1 aromatic carbocycles. The number of hydrogen-bond acceptors (Lipinski definition) is 8. The molecule has 210 valence electrons. The van der Waals surface area contributed by atoms with Gasteiger partial charge in [-0.15, -0.1) is 6.58 Å². The molecule has 3 aliphatic heterocycles. The van der Waals surface area contributed by atoms with Crippen LogP contribution in [0, 0.1) is 0 Å². The Bertz CT molecular complexity index is 1380. The molecule has 1 spiro atoms. The predicted octanol–water partition coefficient (Wildman–Crippen LogP) is 1.84.